The Morgan fingerprint density at radius 1 is 1.71 bits per heavy atom. The lowest BCUT2D eigenvalue weighted by molar-refractivity contribution is -0.150. The molecule has 2 rings (SSSR count). The summed E-state index contributed by atoms with van der Waals surface area (Å²) in [6.07, 6.45) is 0.537. The van der Waals surface area contributed by atoms with Gasteiger partial charge in [-0.2, -0.15) is 0 Å². The van der Waals surface area contributed by atoms with Gasteiger partial charge in [0.1, 0.15) is 0 Å². The lowest BCUT2D eigenvalue weighted by atomic mass is 10.2. The second kappa shape index (κ2) is 5.11. The monoisotopic (exact) mass is 253 g/mol. The molecule has 6 heteroatoms. The standard InChI is InChI=1S/C11H11NO4S/c1-15-11(14)8(13)5-7-6-17-10(12-7)9-3-2-4-16-9/h2-4,6,8,13H,5H2,1H3/t8-/m0/s1. The molecule has 0 radical (unpaired) electrons. The molecule has 1 atom stereocenters. The summed E-state index contributed by atoms with van der Waals surface area (Å²) in [5.41, 5.74) is 0.638. The Kier molecular flexibility index (Phi) is 3.55. The van der Waals surface area contributed by atoms with Crippen molar-refractivity contribution in [3.8, 4) is 10.8 Å². The fourth-order valence-corrected chi connectivity index (χ4v) is 2.13. The predicted molar refractivity (Wildman–Crippen MR) is 61.5 cm³/mol. The van der Waals surface area contributed by atoms with Crippen LogP contribution >= 0.6 is 11.3 Å². The molecule has 0 bridgehead atoms. The van der Waals surface area contributed by atoms with Crippen molar-refractivity contribution < 1.29 is 19.1 Å². The molecule has 2 aromatic heterocycles. The zero-order valence-corrected chi connectivity index (χ0v) is 9.94. The minimum absolute atomic E-state index is 0.143. The Morgan fingerprint density at radius 2 is 2.53 bits per heavy atom. The average Bonchev–Trinajstić information content (AvgIpc) is 2.97. The van der Waals surface area contributed by atoms with E-state index in [9.17, 15) is 9.90 Å². The normalized spacial score (nSPS) is 12.4. The number of carbonyl (C=O) groups excluding carboxylic acids is 1. The Labute approximate surface area is 102 Å². The van der Waals surface area contributed by atoms with Crippen LogP contribution in [-0.4, -0.2) is 29.3 Å². The van der Waals surface area contributed by atoms with Gasteiger partial charge in [-0.3, -0.25) is 0 Å². The molecule has 5 nitrogen and oxygen atoms in total. The van der Waals surface area contributed by atoms with E-state index in [2.05, 4.69) is 9.72 Å². The quantitative estimate of drug-likeness (QED) is 0.835. The molecule has 2 heterocycles. The van der Waals surface area contributed by atoms with E-state index in [0.29, 0.717) is 11.5 Å². The molecule has 0 aliphatic rings. The number of hydrogen-bond acceptors (Lipinski definition) is 6. The van der Waals surface area contributed by atoms with Crippen LogP contribution < -0.4 is 0 Å². The molecule has 0 aliphatic heterocycles. The number of thiazole rings is 1. The van der Waals surface area contributed by atoms with Crippen molar-refractivity contribution in [2.75, 3.05) is 7.11 Å². The third kappa shape index (κ3) is 2.72. The van der Waals surface area contributed by atoms with Crippen LogP contribution in [0, 0.1) is 0 Å². The van der Waals surface area contributed by atoms with E-state index in [4.69, 9.17) is 4.42 Å². The number of aliphatic hydroxyl groups is 1. The van der Waals surface area contributed by atoms with Crippen LogP contribution in [0.1, 0.15) is 5.69 Å². The molecule has 0 saturated heterocycles. The maximum Gasteiger partial charge on any atom is 0.335 e. The van der Waals surface area contributed by atoms with Gasteiger partial charge in [-0.1, -0.05) is 0 Å². The number of ether oxygens (including phenoxy) is 1. The summed E-state index contributed by atoms with van der Waals surface area (Å²) in [6.45, 7) is 0. The summed E-state index contributed by atoms with van der Waals surface area (Å²) in [6, 6.07) is 3.58. The maximum absolute atomic E-state index is 11.0. The predicted octanol–water partition coefficient (Wildman–Crippen LogP) is 1.48. The Morgan fingerprint density at radius 3 is 3.18 bits per heavy atom. The molecule has 0 aliphatic carbocycles. The van der Waals surface area contributed by atoms with Gasteiger partial charge in [-0.05, 0) is 12.1 Å². The highest BCUT2D eigenvalue weighted by atomic mass is 32.1. The minimum atomic E-state index is -1.17. The van der Waals surface area contributed by atoms with Crippen molar-refractivity contribution in [2.24, 2.45) is 0 Å². The molecule has 1 N–H and O–H groups in total. The molecule has 0 amide bonds. The first kappa shape index (κ1) is 11.8. The van der Waals surface area contributed by atoms with Gasteiger partial charge in [0, 0.05) is 11.8 Å². The lowest BCUT2D eigenvalue weighted by Gasteiger charge is -2.05. The number of nitrogens with zero attached hydrogens (tertiary/aromatic N) is 1. The Hall–Kier alpha value is -1.66. The molecule has 0 spiro atoms. The summed E-state index contributed by atoms with van der Waals surface area (Å²) in [7, 11) is 1.24. The molecular weight excluding hydrogens is 242 g/mol. The van der Waals surface area contributed by atoms with Crippen LogP contribution in [-0.2, 0) is 16.0 Å². The summed E-state index contributed by atoms with van der Waals surface area (Å²) in [5.74, 6) is 0.0198. The number of carbonyl (C=O) groups is 1. The number of rotatable bonds is 4. The minimum Gasteiger partial charge on any atom is -0.467 e. The van der Waals surface area contributed by atoms with Gasteiger partial charge >= 0.3 is 5.97 Å². The van der Waals surface area contributed by atoms with Crippen LogP contribution in [0.4, 0.5) is 0 Å². The summed E-state index contributed by atoms with van der Waals surface area (Å²) >= 11 is 1.40. The molecule has 90 valence electrons. The molecule has 17 heavy (non-hydrogen) atoms. The van der Waals surface area contributed by atoms with E-state index in [0.717, 1.165) is 5.01 Å². The molecule has 0 fully saturated rings. The highest BCUT2D eigenvalue weighted by Crippen LogP contribution is 2.24. The summed E-state index contributed by atoms with van der Waals surface area (Å²) in [5, 5.41) is 12.0. The number of aliphatic hydroxyl groups excluding tert-OH is 1. The van der Waals surface area contributed by atoms with Crippen LogP contribution in [0.5, 0.6) is 0 Å². The van der Waals surface area contributed by atoms with Crippen LogP contribution in [0.25, 0.3) is 10.8 Å². The zero-order chi connectivity index (χ0) is 12.3. The molecule has 0 unspecified atom stereocenters. The van der Waals surface area contributed by atoms with E-state index >= 15 is 0 Å². The van der Waals surface area contributed by atoms with Gasteiger partial charge in [-0.15, -0.1) is 11.3 Å². The topological polar surface area (TPSA) is 72.6 Å². The zero-order valence-electron chi connectivity index (χ0n) is 9.12. The van der Waals surface area contributed by atoms with E-state index < -0.39 is 12.1 Å². The van der Waals surface area contributed by atoms with Crippen LogP contribution in [0.15, 0.2) is 28.2 Å². The summed E-state index contributed by atoms with van der Waals surface area (Å²) in [4.78, 5) is 15.3. The fourth-order valence-electron chi connectivity index (χ4n) is 1.33. The lowest BCUT2D eigenvalue weighted by Crippen LogP contribution is -2.24. The molecule has 0 saturated carbocycles. The van der Waals surface area contributed by atoms with Crippen molar-refractivity contribution in [1.82, 2.24) is 4.98 Å². The maximum atomic E-state index is 11.0. The molecular formula is C11H11NO4S. The fraction of sp³-hybridized carbons (Fsp3) is 0.273. The first-order valence-corrected chi connectivity index (χ1v) is 5.83. The van der Waals surface area contributed by atoms with Crippen molar-refractivity contribution in [1.29, 1.82) is 0 Å². The number of furan rings is 1. The first-order valence-electron chi connectivity index (χ1n) is 4.95. The van der Waals surface area contributed by atoms with E-state index in [1.807, 2.05) is 0 Å². The number of esters is 1. The van der Waals surface area contributed by atoms with Crippen molar-refractivity contribution in [3.63, 3.8) is 0 Å². The van der Waals surface area contributed by atoms with E-state index in [1.165, 1.54) is 18.4 Å². The van der Waals surface area contributed by atoms with Crippen LogP contribution in [0.2, 0.25) is 0 Å². The van der Waals surface area contributed by atoms with Gasteiger partial charge in [0.15, 0.2) is 16.9 Å². The highest BCUT2D eigenvalue weighted by molar-refractivity contribution is 7.13. The first-order chi connectivity index (χ1) is 8.20. The van der Waals surface area contributed by atoms with Gasteiger partial charge in [0.05, 0.1) is 19.1 Å². The SMILES string of the molecule is COC(=O)[C@@H](O)Cc1csc(-c2ccco2)n1. The number of aromatic nitrogens is 1. The third-order valence-electron chi connectivity index (χ3n) is 2.16. The summed E-state index contributed by atoms with van der Waals surface area (Å²) < 4.78 is 9.63. The largest absolute Gasteiger partial charge is 0.467 e. The third-order valence-corrected chi connectivity index (χ3v) is 3.07. The molecule has 0 aromatic carbocycles. The smallest absolute Gasteiger partial charge is 0.335 e. The van der Waals surface area contributed by atoms with Gasteiger partial charge in [0.25, 0.3) is 0 Å². The van der Waals surface area contributed by atoms with Gasteiger partial charge in [-0.25, -0.2) is 9.78 Å². The average molecular weight is 253 g/mol. The van der Waals surface area contributed by atoms with E-state index in [-0.39, 0.29) is 6.42 Å². The van der Waals surface area contributed by atoms with E-state index in [1.54, 1.807) is 23.8 Å². The van der Waals surface area contributed by atoms with Gasteiger partial charge < -0.3 is 14.3 Å². The van der Waals surface area contributed by atoms with Crippen LogP contribution in [0.3, 0.4) is 0 Å². The Balaban J connectivity index is 2.06. The molecule has 2 aromatic rings. The second-order valence-electron chi connectivity index (χ2n) is 3.36. The van der Waals surface area contributed by atoms with Gasteiger partial charge in [0.2, 0.25) is 0 Å². The highest BCUT2D eigenvalue weighted by Gasteiger charge is 2.18. The number of hydrogen-bond donors (Lipinski definition) is 1. The Bertz CT molecular complexity index is 491. The van der Waals surface area contributed by atoms with Crippen molar-refractivity contribution in [2.45, 2.75) is 12.5 Å². The number of methoxy groups -OCH3 is 1. The van der Waals surface area contributed by atoms with Crippen molar-refractivity contribution >= 4 is 17.3 Å². The van der Waals surface area contributed by atoms with Crippen molar-refractivity contribution in [3.05, 3.63) is 29.5 Å². The second-order valence-corrected chi connectivity index (χ2v) is 4.22.